The number of nitrogens with one attached hydrogen (secondary N) is 1. The molecule has 0 aliphatic heterocycles. The molecule has 0 aromatic carbocycles. The van der Waals surface area contributed by atoms with Crippen LogP contribution in [0.2, 0.25) is 0 Å². The molecule has 0 bridgehead atoms. The molecule has 1 aromatic heterocycles. The molecule has 0 aliphatic rings. The first-order valence-electron chi connectivity index (χ1n) is 4.57. The van der Waals surface area contributed by atoms with Crippen LogP contribution in [-0.4, -0.2) is 42.1 Å². The van der Waals surface area contributed by atoms with Gasteiger partial charge in [0.05, 0.1) is 0 Å². The topological polar surface area (TPSA) is 33.1 Å². The predicted octanol–water partition coefficient (Wildman–Crippen LogP) is 0.876. The van der Waals surface area contributed by atoms with Crippen LogP contribution in [0.25, 0.3) is 0 Å². The molecule has 0 saturated heterocycles. The molecule has 0 fully saturated rings. The van der Waals surface area contributed by atoms with Crippen LogP contribution in [-0.2, 0) is 6.54 Å². The van der Waals surface area contributed by atoms with Gasteiger partial charge in [0.15, 0.2) is 0 Å². The Hall–Kier alpha value is -1.03. The van der Waals surface area contributed by atoms with Crippen molar-refractivity contribution >= 4 is 5.95 Å². The minimum absolute atomic E-state index is 0.943. The van der Waals surface area contributed by atoms with Crippen molar-refractivity contribution in [3.63, 3.8) is 0 Å². The normalized spacial score (nSPS) is 10.8. The van der Waals surface area contributed by atoms with Crippen molar-refractivity contribution in [3.8, 4) is 0 Å². The monoisotopic (exact) mass is 182 g/mol. The van der Waals surface area contributed by atoms with Crippen LogP contribution >= 0.6 is 0 Å². The van der Waals surface area contributed by atoms with Gasteiger partial charge in [-0.25, -0.2) is 4.98 Å². The molecule has 0 saturated carbocycles. The van der Waals surface area contributed by atoms with E-state index in [0.717, 1.165) is 25.5 Å². The van der Waals surface area contributed by atoms with Crippen molar-refractivity contribution in [3.05, 3.63) is 12.4 Å². The summed E-state index contributed by atoms with van der Waals surface area (Å²) in [4.78, 5) is 6.36. The lowest BCUT2D eigenvalue weighted by atomic mass is 10.4. The van der Waals surface area contributed by atoms with Crippen LogP contribution in [0.15, 0.2) is 12.4 Å². The summed E-state index contributed by atoms with van der Waals surface area (Å²) >= 11 is 0. The summed E-state index contributed by atoms with van der Waals surface area (Å²) in [5, 5.41) is 3.05. The fourth-order valence-electron chi connectivity index (χ4n) is 1.28. The van der Waals surface area contributed by atoms with E-state index in [4.69, 9.17) is 0 Å². The Morgan fingerprint density at radius 1 is 1.54 bits per heavy atom. The summed E-state index contributed by atoms with van der Waals surface area (Å²) in [7, 11) is 6.07. The molecule has 1 rings (SSSR count). The molecule has 1 N–H and O–H groups in total. The zero-order valence-corrected chi connectivity index (χ0v) is 8.62. The summed E-state index contributed by atoms with van der Waals surface area (Å²) in [5.41, 5.74) is 0. The number of hydrogen-bond donors (Lipinski definition) is 1. The first kappa shape index (κ1) is 10.1. The number of aromatic nitrogens is 2. The van der Waals surface area contributed by atoms with Crippen molar-refractivity contribution in [2.45, 2.75) is 13.0 Å². The summed E-state index contributed by atoms with van der Waals surface area (Å²) < 4.78 is 2.13. The third-order valence-corrected chi connectivity index (χ3v) is 1.94. The average Bonchev–Trinajstić information content (AvgIpc) is 2.51. The number of nitrogens with zero attached hydrogens (tertiary/aromatic N) is 3. The number of hydrogen-bond acceptors (Lipinski definition) is 3. The molecule has 0 atom stereocenters. The van der Waals surface area contributed by atoms with Gasteiger partial charge < -0.3 is 14.8 Å². The quantitative estimate of drug-likeness (QED) is 0.733. The summed E-state index contributed by atoms with van der Waals surface area (Å²) in [6.45, 7) is 2.13. The maximum absolute atomic E-state index is 4.17. The number of rotatable bonds is 5. The molecule has 0 spiro atoms. The van der Waals surface area contributed by atoms with Crippen molar-refractivity contribution in [1.82, 2.24) is 14.5 Å². The number of aryl methyl sites for hydroxylation is 1. The van der Waals surface area contributed by atoms with Crippen molar-refractivity contribution in [1.29, 1.82) is 0 Å². The Bertz CT molecular complexity index is 242. The lowest BCUT2D eigenvalue weighted by Gasteiger charge is -2.10. The zero-order valence-electron chi connectivity index (χ0n) is 8.62. The Morgan fingerprint density at radius 2 is 2.31 bits per heavy atom. The molecular formula is C9H18N4. The van der Waals surface area contributed by atoms with E-state index in [9.17, 15) is 0 Å². The second-order valence-corrected chi connectivity index (χ2v) is 3.35. The molecule has 0 amide bonds. The van der Waals surface area contributed by atoms with Gasteiger partial charge in [0.25, 0.3) is 0 Å². The number of imidazole rings is 1. The largest absolute Gasteiger partial charge is 0.359 e. The number of anilines is 1. The third kappa shape index (κ3) is 3.06. The molecule has 74 valence electrons. The van der Waals surface area contributed by atoms with Crippen LogP contribution < -0.4 is 5.32 Å². The minimum Gasteiger partial charge on any atom is -0.359 e. The molecule has 0 aliphatic carbocycles. The van der Waals surface area contributed by atoms with Crippen LogP contribution in [0, 0.1) is 0 Å². The van der Waals surface area contributed by atoms with Gasteiger partial charge in [0.1, 0.15) is 0 Å². The fourth-order valence-corrected chi connectivity index (χ4v) is 1.28. The first-order chi connectivity index (χ1) is 6.24. The predicted molar refractivity (Wildman–Crippen MR) is 54.9 cm³/mol. The van der Waals surface area contributed by atoms with Crippen LogP contribution in [0.3, 0.4) is 0 Å². The van der Waals surface area contributed by atoms with E-state index in [1.807, 2.05) is 19.4 Å². The summed E-state index contributed by atoms with van der Waals surface area (Å²) in [5.74, 6) is 0.943. The standard InChI is InChI=1S/C9H18N4/c1-10-9-11-5-8-13(9)7-4-6-12(2)3/h5,8H,4,6-7H2,1-3H3,(H,10,11). The van der Waals surface area contributed by atoms with Crippen LogP contribution in [0.5, 0.6) is 0 Å². The lowest BCUT2D eigenvalue weighted by molar-refractivity contribution is 0.387. The zero-order chi connectivity index (χ0) is 9.68. The molecule has 13 heavy (non-hydrogen) atoms. The summed E-state index contributed by atoms with van der Waals surface area (Å²) in [6.07, 6.45) is 4.97. The lowest BCUT2D eigenvalue weighted by Crippen LogP contribution is -2.15. The smallest absolute Gasteiger partial charge is 0.202 e. The molecule has 4 nitrogen and oxygen atoms in total. The highest BCUT2D eigenvalue weighted by atomic mass is 15.2. The first-order valence-corrected chi connectivity index (χ1v) is 4.57. The van der Waals surface area contributed by atoms with Crippen LogP contribution in [0.4, 0.5) is 5.95 Å². The van der Waals surface area contributed by atoms with E-state index in [2.05, 4.69) is 33.9 Å². The second-order valence-electron chi connectivity index (χ2n) is 3.35. The molecule has 0 radical (unpaired) electrons. The van der Waals surface area contributed by atoms with Gasteiger partial charge in [0.2, 0.25) is 5.95 Å². The molecule has 0 unspecified atom stereocenters. The van der Waals surface area contributed by atoms with E-state index in [1.165, 1.54) is 0 Å². The highest BCUT2D eigenvalue weighted by Crippen LogP contribution is 2.03. The van der Waals surface area contributed by atoms with E-state index < -0.39 is 0 Å². The molecule has 1 heterocycles. The Kier molecular flexibility index (Phi) is 3.76. The highest BCUT2D eigenvalue weighted by molar-refractivity contribution is 5.23. The Balaban J connectivity index is 2.36. The van der Waals surface area contributed by atoms with E-state index in [0.29, 0.717) is 0 Å². The maximum atomic E-state index is 4.17. The SMILES string of the molecule is CNc1nccn1CCCN(C)C. The highest BCUT2D eigenvalue weighted by Gasteiger charge is 1.98. The van der Waals surface area contributed by atoms with E-state index >= 15 is 0 Å². The van der Waals surface area contributed by atoms with E-state index in [1.54, 1.807) is 0 Å². The van der Waals surface area contributed by atoms with Gasteiger partial charge in [-0.1, -0.05) is 0 Å². The van der Waals surface area contributed by atoms with Crippen molar-refractivity contribution in [2.75, 3.05) is 33.0 Å². The van der Waals surface area contributed by atoms with Crippen molar-refractivity contribution < 1.29 is 0 Å². The molecular weight excluding hydrogens is 164 g/mol. The van der Waals surface area contributed by atoms with Crippen LogP contribution in [0.1, 0.15) is 6.42 Å². The maximum Gasteiger partial charge on any atom is 0.202 e. The molecule has 1 aromatic rings. The van der Waals surface area contributed by atoms with Gasteiger partial charge in [0, 0.05) is 26.0 Å². The van der Waals surface area contributed by atoms with Gasteiger partial charge >= 0.3 is 0 Å². The fraction of sp³-hybridized carbons (Fsp3) is 0.667. The Morgan fingerprint density at radius 3 is 2.92 bits per heavy atom. The molecule has 4 heteroatoms. The van der Waals surface area contributed by atoms with Gasteiger partial charge in [-0.3, -0.25) is 0 Å². The van der Waals surface area contributed by atoms with E-state index in [-0.39, 0.29) is 0 Å². The Labute approximate surface area is 79.6 Å². The third-order valence-electron chi connectivity index (χ3n) is 1.94. The van der Waals surface area contributed by atoms with Gasteiger partial charge in [-0.2, -0.15) is 0 Å². The van der Waals surface area contributed by atoms with Crippen molar-refractivity contribution in [2.24, 2.45) is 0 Å². The van der Waals surface area contributed by atoms with Gasteiger partial charge in [-0.05, 0) is 27.1 Å². The average molecular weight is 182 g/mol. The minimum atomic E-state index is 0.943. The van der Waals surface area contributed by atoms with Gasteiger partial charge in [-0.15, -0.1) is 0 Å². The summed E-state index contributed by atoms with van der Waals surface area (Å²) in [6, 6.07) is 0. The second kappa shape index (κ2) is 4.87.